The number of hydrogen-bond acceptors (Lipinski definition) is 6. The van der Waals surface area contributed by atoms with E-state index in [1.165, 1.54) is 21.3 Å². The minimum absolute atomic E-state index is 0.345. The first-order valence-corrected chi connectivity index (χ1v) is 6.54. The SMILES string of the molecule is COc1ccc(NC(=O)CN2C(=O)C(=O)N(C)C2=O)c(OC)c1. The van der Waals surface area contributed by atoms with Crippen molar-refractivity contribution in [2.75, 3.05) is 33.1 Å². The highest BCUT2D eigenvalue weighted by molar-refractivity contribution is 6.44. The number of ether oxygens (including phenoxy) is 2. The van der Waals surface area contributed by atoms with Crippen molar-refractivity contribution >= 4 is 29.4 Å². The van der Waals surface area contributed by atoms with Crippen LogP contribution in [0.5, 0.6) is 11.5 Å². The van der Waals surface area contributed by atoms with E-state index in [0.717, 1.165) is 0 Å². The van der Waals surface area contributed by atoms with Crippen molar-refractivity contribution in [3.63, 3.8) is 0 Å². The van der Waals surface area contributed by atoms with Gasteiger partial charge in [-0.25, -0.2) is 9.69 Å². The second-order valence-electron chi connectivity index (χ2n) is 4.65. The summed E-state index contributed by atoms with van der Waals surface area (Å²) in [6.45, 7) is -0.567. The molecule has 1 aromatic carbocycles. The third-order valence-corrected chi connectivity index (χ3v) is 3.24. The number of nitrogens with zero attached hydrogens (tertiary/aromatic N) is 2. The van der Waals surface area contributed by atoms with Crippen molar-refractivity contribution in [3.8, 4) is 11.5 Å². The average Bonchev–Trinajstić information content (AvgIpc) is 2.73. The quantitative estimate of drug-likeness (QED) is 0.607. The minimum Gasteiger partial charge on any atom is -0.497 e. The average molecular weight is 321 g/mol. The second kappa shape index (κ2) is 6.34. The van der Waals surface area contributed by atoms with Gasteiger partial charge in [-0.2, -0.15) is 0 Å². The summed E-state index contributed by atoms with van der Waals surface area (Å²) < 4.78 is 10.2. The zero-order valence-electron chi connectivity index (χ0n) is 12.8. The number of hydrogen-bond donors (Lipinski definition) is 1. The van der Waals surface area contributed by atoms with Crippen LogP contribution in [0.3, 0.4) is 0 Å². The molecule has 122 valence electrons. The van der Waals surface area contributed by atoms with Crippen molar-refractivity contribution < 1.29 is 28.7 Å². The van der Waals surface area contributed by atoms with E-state index in [9.17, 15) is 19.2 Å². The Morgan fingerprint density at radius 3 is 2.35 bits per heavy atom. The van der Waals surface area contributed by atoms with Gasteiger partial charge < -0.3 is 14.8 Å². The molecule has 9 nitrogen and oxygen atoms in total. The molecule has 0 aliphatic carbocycles. The van der Waals surface area contributed by atoms with E-state index in [2.05, 4.69) is 5.32 Å². The highest BCUT2D eigenvalue weighted by Gasteiger charge is 2.43. The lowest BCUT2D eigenvalue weighted by molar-refractivity contribution is -0.143. The van der Waals surface area contributed by atoms with E-state index in [1.807, 2.05) is 0 Å². The number of nitrogens with one attached hydrogen (secondary N) is 1. The summed E-state index contributed by atoms with van der Waals surface area (Å²) in [7, 11) is 4.09. The fourth-order valence-corrected chi connectivity index (χ4v) is 1.99. The maximum Gasteiger partial charge on any atom is 0.334 e. The van der Waals surface area contributed by atoms with E-state index < -0.39 is 30.3 Å². The molecule has 1 N–H and O–H groups in total. The van der Waals surface area contributed by atoms with Crippen molar-refractivity contribution in [1.29, 1.82) is 0 Å². The predicted molar refractivity (Wildman–Crippen MR) is 78.1 cm³/mol. The fourth-order valence-electron chi connectivity index (χ4n) is 1.99. The summed E-state index contributed by atoms with van der Waals surface area (Å²) in [6.07, 6.45) is 0. The third kappa shape index (κ3) is 3.07. The number of anilines is 1. The smallest absolute Gasteiger partial charge is 0.334 e. The van der Waals surface area contributed by atoms with Gasteiger partial charge in [0, 0.05) is 13.1 Å². The van der Waals surface area contributed by atoms with Crippen LogP contribution < -0.4 is 14.8 Å². The number of amides is 5. The molecule has 1 saturated heterocycles. The first kappa shape index (κ1) is 16.3. The fraction of sp³-hybridized carbons (Fsp3) is 0.286. The number of urea groups is 1. The lowest BCUT2D eigenvalue weighted by atomic mass is 10.2. The topological polar surface area (TPSA) is 105 Å². The van der Waals surface area contributed by atoms with Crippen LogP contribution in [0.2, 0.25) is 0 Å². The molecule has 23 heavy (non-hydrogen) atoms. The summed E-state index contributed by atoms with van der Waals surface area (Å²) in [6, 6.07) is 3.90. The first-order chi connectivity index (χ1) is 10.9. The Kier molecular flexibility index (Phi) is 4.49. The summed E-state index contributed by atoms with van der Waals surface area (Å²) in [5.74, 6) is -1.75. The number of benzene rings is 1. The third-order valence-electron chi connectivity index (χ3n) is 3.24. The van der Waals surface area contributed by atoms with Crippen LogP contribution in [0, 0.1) is 0 Å². The molecule has 0 radical (unpaired) electrons. The molecule has 1 fully saturated rings. The lowest BCUT2D eigenvalue weighted by Gasteiger charge is -2.14. The molecule has 1 heterocycles. The van der Waals surface area contributed by atoms with Gasteiger partial charge in [-0.3, -0.25) is 19.3 Å². The van der Waals surface area contributed by atoms with Gasteiger partial charge in [0.1, 0.15) is 18.0 Å². The molecule has 2 rings (SSSR count). The second-order valence-corrected chi connectivity index (χ2v) is 4.65. The van der Waals surface area contributed by atoms with E-state index in [1.54, 1.807) is 18.2 Å². The van der Waals surface area contributed by atoms with Gasteiger partial charge >= 0.3 is 17.8 Å². The highest BCUT2D eigenvalue weighted by atomic mass is 16.5. The molecule has 0 unspecified atom stereocenters. The van der Waals surface area contributed by atoms with Crippen LogP contribution in [0.1, 0.15) is 0 Å². The standard InChI is InChI=1S/C14H15N3O6/c1-16-12(19)13(20)17(14(16)21)7-11(18)15-9-5-4-8(22-2)6-10(9)23-3/h4-6H,7H2,1-3H3,(H,15,18). The number of rotatable bonds is 5. The van der Waals surface area contributed by atoms with Crippen molar-refractivity contribution in [1.82, 2.24) is 9.80 Å². The number of methoxy groups -OCH3 is 2. The Morgan fingerprint density at radius 1 is 1.13 bits per heavy atom. The van der Waals surface area contributed by atoms with Crippen LogP contribution in [0.25, 0.3) is 0 Å². The molecule has 1 aliphatic heterocycles. The normalized spacial score (nSPS) is 14.3. The van der Waals surface area contributed by atoms with E-state index in [4.69, 9.17) is 9.47 Å². The Morgan fingerprint density at radius 2 is 1.83 bits per heavy atom. The Hall–Kier alpha value is -3.10. The molecule has 0 spiro atoms. The van der Waals surface area contributed by atoms with Gasteiger partial charge in [0.05, 0.1) is 19.9 Å². The molecular weight excluding hydrogens is 306 g/mol. The molecule has 1 aromatic rings. The van der Waals surface area contributed by atoms with Crippen molar-refractivity contribution in [2.45, 2.75) is 0 Å². The molecule has 9 heteroatoms. The molecule has 1 aliphatic rings. The van der Waals surface area contributed by atoms with Crippen molar-refractivity contribution in [3.05, 3.63) is 18.2 Å². The zero-order chi connectivity index (χ0) is 17.1. The molecule has 0 saturated carbocycles. The Labute approximate surface area is 131 Å². The molecular formula is C14H15N3O6. The first-order valence-electron chi connectivity index (χ1n) is 6.54. The Bertz CT molecular complexity index is 687. The monoisotopic (exact) mass is 321 g/mol. The van der Waals surface area contributed by atoms with Gasteiger partial charge in [-0.15, -0.1) is 0 Å². The highest BCUT2D eigenvalue weighted by Crippen LogP contribution is 2.29. The summed E-state index contributed by atoms with van der Waals surface area (Å²) in [4.78, 5) is 48.0. The number of likely N-dealkylation sites (N-methyl/N-ethyl adjacent to an activating group) is 1. The van der Waals surface area contributed by atoms with Crippen LogP contribution >= 0.6 is 0 Å². The van der Waals surface area contributed by atoms with E-state index in [0.29, 0.717) is 27.0 Å². The minimum atomic E-state index is -1.03. The largest absolute Gasteiger partial charge is 0.497 e. The van der Waals surface area contributed by atoms with E-state index in [-0.39, 0.29) is 0 Å². The maximum absolute atomic E-state index is 12.0. The van der Waals surface area contributed by atoms with Crippen LogP contribution in [-0.4, -0.2) is 61.4 Å². The molecule has 0 bridgehead atoms. The number of carbonyl (C=O) groups is 4. The van der Waals surface area contributed by atoms with Crippen molar-refractivity contribution in [2.24, 2.45) is 0 Å². The van der Waals surface area contributed by atoms with Crippen LogP contribution in [0.4, 0.5) is 10.5 Å². The van der Waals surface area contributed by atoms with Gasteiger partial charge in [0.25, 0.3) is 0 Å². The Balaban J connectivity index is 2.10. The van der Waals surface area contributed by atoms with E-state index >= 15 is 0 Å². The zero-order valence-corrected chi connectivity index (χ0v) is 12.8. The predicted octanol–water partition coefficient (Wildman–Crippen LogP) is 0.0629. The van der Waals surface area contributed by atoms with Crippen LogP contribution in [-0.2, 0) is 14.4 Å². The van der Waals surface area contributed by atoms with Gasteiger partial charge in [0.2, 0.25) is 5.91 Å². The summed E-state index contributed by atoms with van der Waals surface area (Å²) >= 11 is 0. The van der Waals surface area contributed by atoms with Gasteiger partial charge in [-0.05, 0) is 12.1 Å². The van der Waals surface area contributed by atoms with Crippen LogP contribution in [0.15, 0.2) is 18.2 Å². The number of imide groups is 2. The lowest BCUT2D eigenvalue weighted by Crippen LogP contribution is -2.38. The number of carbonyl (C=O) groups excluding carboxylic acids is 4. The molecule has 0 atom stereocenters. The maximum atomic E-state index is 12.0. The molecule has 5 amide bonds. The summed E-state index contributed by atoms with van der Waals surface area (Å²) in [5, 5.41) is 2.52. The summed E-state index contributed by atoms with van der Waals surface area (Å²) in [5.41, 5.74) is 0.345. The van der Waals surface area contributed by atoms with Gasteiger partial charge in [0.15, 0.2) is 0 Å². The molecule has 0 aromatic heterocycles. The van der Waals surface area contributed by atoms with Gasteiger partial charge in [-0.1, -0.05) is 0 Å².